The maximum absolute atomic E-state index is 12.6. The van der Waals surface area contributed by atoms with E-state index in [1.165, 1.54) is 15.5 Å². The SMILES string of the molecule is C=C/C=C(\C=C)O/C(C)=C/C=C(\C=C)n1c(=O)n(C)c2ncnc(Cl)c21. The third-order valence-corrected chi connectivity index (χ3v) is 3.77. The molecule has 6 nitrogen and oxygen atoms in total. The van der Waals surface area contributed by atoms with Crippen LogP contribution in [0.4, 0.5) is 0 Å². The van der Waals surface area contributed by atoms with Gasteiger partial charge in [-0.05, 0) is 37.3 Å². The summed E-state index contributed by atoms with van der Waals surface area (Å²) in [5, 5.41) is 0.181. The summed E-state index contributed by atoms with van der Waals surface area (Å²) in [7, 11) is 1.62. The van der Waals surface area contributed by atoms with Gasteiger partial charge in [0.15, 0.2) is 10.8 Å². The van der Waals surface area contributed by atoms with Crippen molar-refractivity contribution in [3.63, 3.8) is 0 Å². The lowest BCUT2D eigenvalue weighted by Gasteiger charge is -2.06. The number of imidazole rings is 1. The molecule has 2 heterocycles. The van der Waals surface area contributed by atoms with Gasteiger partial charge in [-0.3, -0.25) is 9.13 Å². The standard InChI is InChI=1S/C19H19ClN4O2/c1-6-9-15(8-3)26-13(4)10-11-14(7-2)24-16-17(20)21-12-22-18(16)23(5)19(24)25/h6-12H,1-3H2,4-5H3/b13-10+,14-11+,15-9+. The van der Waals surface area contributed by atoms with Crippen LogP contribution in [0, 0.1) is 0 Å². The van der Waals surface area contributed by atoms with Crippen LogP contribution in [0.15, 0.2) is 78.8 Å². The smallest absolute Gasteiger partial charge is 0.334 e. The highest BCUT2D eigenvalue weighted by Crippen LogP contribution is 2.21. The third-order valence-electron chi connectivity index (χ3n) is 3.50. The van der Waals surface area contributed by atoms with Gasteiger partial charge in [-0.2, -0.15) is 0 Å². The number of ether oxygens (including phenoxy) is 1. The molecule has 0 aliphatic heterocycles. The Morgan fingerprint density at radius 3 is 2.54 bits per heavy atom. The van der Waals surface area contributed by atoms with Crippen molar-refractivity contribution in [2.75, 3.05) is 0 Å². The van der Waals surface area contributed by atoms with E-state index in [9.17, 15) is 4.79 Å². The molecular weight excluding hydrogens is 352 g/mol. The minimum Gasteiger partial charge on any atom is -0.462 e. The summed E-state index contributed by atoms with van der Waals surface area (Å²) in [6.07, 6.45) is 11.1. The van der Waals surface area contributed by atoms with Crippen molar-refractivity contribution in [1.29, 1.82) is 0 Å². The predicted molar refractivity (Wildman–Crippen MR) is 106 cm³/mol. The van der Waals surface area contributed by atoms with Crippen LogP contribution in [-0.2, 0) is 11.8 Å². The van der Waals surface area contributed by atoms with Gasteiger partial charge in [-0.15, -0.1) is 0 Å². The van der Waals surface area contributed by atoms with Gasteiger partial charge in [0.25, 0.3) is 0 Å². The lowest BCUT2D eigenvalue weighted by molar-refractivity contribution is 0.323. The zero-order valence-electron chi connectivity index (χ0n) is 14.6. The molecule has 0 aliphatic carbocycles. The molecule has 0 saturated carbocycles. The number of rotatable bonds is 7. The largest absolute Gasteiger partial charge is 0.462 e. The van der Waals surface area contributed by atoms with E-state index in [1.54, 1.807) is 50.4 Å². The van der Waals surface area contributed by atoms with Crippen molar-refractivity contribution in [1.82, 2.24) is 19.1 Å². The lowest BCUT2D eigenvalue weighted by atomic mass is 10.3. The van der Waals surface area contributed by atoms with Gasteiger partial charge in [-0.1, -0.05) is 37.4 Å². The van der Waals surface area contributed by atoms with Gasteiger partial charge in [0.05, 0.1) is 5.70 Å². The maximum atomic E-state index is 12.6. The van der Waals surface area contributed by atoms with Gasteiger partial charge in [0.2, 0.25) is 0 Å². The molecule has 134 valence electrons. The first-order valence-electron chi connectivity index (χ1n) is 7.67. The van der Waals surface area contributed by atoms with Gasteiger partial charge >= 0.3 is 5.69 Å². The molecule has 0 N–H and O–H groups in total. The van der Waals surface area contributed by atoms with Crippen LogP contribution in [0.25, 0.3) is 16.9 Å². The van der Waals surface area contributed by atoms with E-state index in [1.807, 2.05) is 0 Å². The summed E-state index contributed by atoms with van der Waals surface area (Å²) in [6, 6.07) is 0. The fraction of sp³-hybridized carbons (Fsp3) is 0.105. The molecule has 0 bridgehead atoms. The molecule has 2 rings (SSSR count). The first-order chi connectivity index (χ1) is 12.4. The normalized spacial score (nSPS) is 13.0. The molecule has 0 fully saturated rings. The molecule has 0 aromatic carbocycles. The molecule has 0 radical (unpaired) electrons. The van der Waals surface area contributed by atoms with E-state index in [2.05, 4.69) is 29.7 Å². The molecule has 26 heavy (non-hydrogen) atoms. The number of aromatic nitrogens is 4. The quantitative estimate of drug-likeness (QED) is 0.420. The van der Waals surface area contributed by atoms with Crippen LogP contribution in [0.3, 0.4) is 0 Å². The van der Waals surface area contributed by atoms with Crippen molar-refractivity contribution in [2.45, 2.75) is 6.92 Å². The number of halogens is 1. The van der Waals surface area contributed by atoms with E-state index in [4.69, 9.17) is 16.3 Å². The number of aryl methyl sites for hydroxylation is 1. The Bertz CT molecular complexity index is 1020. The van der Waals surface area contributed by atoms with Crippen LogP contribution in [-0.4, -0.2) is 19.1 Å². The van der Waals surface area contributed by atoms with Crippen molar-refractivity contribution in [2.24, 2.45) is 7.05 Å². The van der Waals surface area contributed by atoms with Crippen molar-refractivity contribution in [3.05, 3.63) is 89.7 Å². The van der Waals surface area contributed by atoms with Crippen LogP contribution >= 0.6 is 11.6 Å². The highest BCUT2D eigenvalue weighted by atomic mass is 35.5. The molecule has 7 heteroatoms. The topological polar surface area (TPSA) is 61.9 Å². The Balaban J connectivity index is 2.54. The molecule has 2 aromatic heterocycles. The maximum Gasteiger partial charge on any atom is 0.334 e. The summed E-state index contributed by atoms with van der Waals surface area (Å²) < 4.78 is 8.43. The van der Waals surface area contributed by atoms with Crippen molar-refractivity contribution < 1.29 is 4.74 Å². The Morgan fingerprint density at radius 1 is 1.19 bits per heavy atom. The zero-order valence-corrected chi connectivity index (χ0v) is 15.4. The number of nitrogens with zero attached hydrogens (tertiary/aromatic N) is 4. The van der Waals surface area contributed by atoms with Crippen LogP contribution < -0.4 is 5.69 Å². The Kier molecular flexibility index (Phi) is 6.14. The number of allylic oxidation sites excluding steroid dienone is 8. The highest BCUT2D eigenvalue weighted by molar-refractivity contribution is 6.33. The molecule has 2 aromatic rings. The zero-order chi connectivity index (χ0) is 19.3. The highest BCUT2D eigenvalue weighted by Gasteiger charge is 2.17. The number of hydrogen-bond acceptors (Lipinski definition) is 4. The molecule has 0 aliphatic rings. The molecule has 0 atom stereocenters. The van der Waals surface area contributed by atoms with E-state index in [0.717, 1.165) is 0 Å². The monoisotopic (exact) mass is 370 g/mol. The summed E-state index contributed by atoms with van der Waals surface area (Å²) in [6.45, 7) is 12.8. The van der Waals surface area contributed by atoms with E-state index in [-0.39, 0.29) is 10.8 Å². The minimum atomic E-state index is -0.307. The van der Waals surface area contributed by atoms with Crippen LogP contribution in [0.5, 0.6) is 0 Å². The van der Waals surface area contributed by atoms with E-state index in [0.29, 0.717) is 28.4 Å². The second kappa shape index (κ2) is 8.31. The van der Waals surface area contributed by atoms with Gasteiger partial charge in [-0.25, -0.2) is 14.8 Å². The first kappa shape index (κ1) is 19.2. The molecule has 0 amide bonds. The van der Waals surface area contributed by atoms with Crippen molar-refractivity contribution >= 4 is 28.5 Å². The Hall–Kier alpha value is -3.12. The average Bonchev–Trinajstić information content (AvgIpc) is 2.88. The fourth-order valence-corrected chi connectivity index (χ4v) is 2.49. The van der Waals surface area contributed by atoms with Gasteiger partial charge < -0.3 is 4.74 Å². The Morgan fingerprint density at radius 2 is 1.92 bits per heavy atom. The number of hydrogen-bond donors (Lipinski definition) is 0. The fourth-order valence-electron chi connectivity index (χ4n) is 2.28. The van der Waals surface area contributed by atoms with E-state index >= 15 is 0 Å². The first-order valence-corrected chi connectivity index (χ1v) is 8.04. The molecule has 0 unspecified atom stereocenters. The molecule has 0 saturated heterocycles. The summed E-state index contributed by atoms with van der Waals surface area (Å²) in [5.74, 6) is 1.15. The van der Waals surface area contributed by atoms with E-state index < -0.39 is 0 Å². The lowest BCUT2D eigenvalue weighted by Crippen LogP contribution is -2.21. The summed E-state index contributed by atoms with van der Waals surface area (Å²) >= 11 is 6.18. The predicted octanol–water partition coefficient (Wildman–Crippen LogP) is 3.99. The van der Waals surface area contributed by atoms with Crippen LogP contribution in [0.2, 0.25) is 5.15 Å². The summed E-state index contributed by atoms with van der Waals surface area (Å²) in [5.41, 5.74) is 1.05. The Labute approximate surface area is 156 Å². The minimum absolute atomic E-state index is 0.181. The molecule has 0 spiro atoms. The van der Waals surface area contributed by atoms with Crippen molar-refractivity contribution in [3.8, 4) is 0 Å². The molecular formula is C19H19ClN4O2. The summed E-state index contributed by atoms with van der Waals surface area (Å²) in [4.78, 5) is 20.7. The number of fused-ring (bicyclic) bond motifs is 1. The van der Waals surface area contributed by atoms with Gasteiger partial charge in [0, 0.05) is 7.05 Å². The average molecular weight is 371 g/mol. The van der Waals surface area contributed by atoms with Gasteiger partial charge in [0.1, 0.15) is 23.4 Å². The van der Waals surface area contributed by atoms with Crippen LogP contribution in [0.1, 0.15) is 6.92 Å². The second-order valence-corrected chi connectivity index (χ2v) is 5.56. The second-order valence-electron chi connectivity index (χ2n) is 5.20. The third kappa shape index (κ3) is 3.75.